The van der Waals surface area contributed by atoms with Gasteiger partial charge in [-0.25, -0.2) is 0 Å². The van der Waals surface area contributed by atoms with Crippen molar-refractivity contribution >= 4 is 10.8 Å². The predicted octanol–water partition coefficient (Wildman–Crippen LogP) is 4.81. The number of fused-ring (bicyclic) bond motifs is 3. The molecule has 0 fully saturated rings. The molecule has 102 valence electrons. The molecule has 4 rings (SSSR count). The van der Waals surface area contributed by atoms with Crippen molar-refractivity contribution in [2.24, 2.45) is 0 Å². The number of aryl methyl sites for hydroxylation is 2. The van der Waals surface area contributed by atoms with Gasteiger partial charge in [0, 0.05) is 0 Å². The molecule has 20 heavy (non-hydrogen) atoms. The molecule has 2 aromatic carbocycles. The maximum Gasteiger partial charge on any atom is 0.106 e. The minimum absolute atomic E-state index is 0.733. The fourth-order valence-electron chi connectivity index (χ4n) is 2.87. The zero-order chi connectivity index (χ0) is 13.6. The lowest BCUT2D eigenvalue weighted by molar-refractivity contribution is 0.286. The summed E-state index contributed by atoms with van der Waals surface area (Å²) < 4.78 is 4.80. The number of hydrogen-bond donors (Lipinski definition) is 0. The van der Waals surface area contributed by atoms with Gasteiger partial charge in [-0.3, -0.25) is 0 Å². The third-order valence-electron chi connectivity index (χ3n) is 3.87. The van der Waals surface area contributed by atoms with E-state index in [1.54, 1.807) is 17.4 Å². The van der Waals surface area contributed by atoms with Gasteiger partial charge in [-0.2, -0.15) is 0 Å². The molecule has 0 amide bonds. The minimum Gasteiger partial charge on any atom is -0.497 e. The Morgan fingerprint density at radius 3 is 2.50 bits per heavy atom. The lowest BCUT2D eigenvalue weighted by Gasteiger charge is -2.17. The van der Waals surface area contributed by atoms with Gasteiger partial charge in [0.1, 0.15) is 6.61 Å². The van der Waals surface area contributed by atoms with Crippen LogP contribution in [0.4, 0.5) is 0 Å². The van der Waals surface area contributed by atoms with Crippen molar-refractivity contribution in [1.82, 2.24) is 0 Å². The molecule has 1 heteroatoms. The molecule has 0 spiro atoms. The van der Waals surface area contributed by atoms with Gasteiger partial charge in [-0.05, 0) is 59.7 Å². The normalized spacial score (nSPS) is 16.0. The lowest BCUT2D eigenvalue weighted by atomic mass is 9.88. The van der Waals surface area contributed by atoms with Gasteiger partial charge in [0.25, 0.3) is 0 Å². The van der Waals surface area contributed by atoms with Crippen LogP contribution in [-0.2, 0) is 17.6 Å². The lowest BCUT2D eigenvalue weighted by Crippen LogP contribution is -2.02. The summed E-state index contributed by atoms with van der Waals surface area (Å²) in [6.45, 7) is 0.733. The highest BCUT2D eigenvalue weighted by molar-refractivity contribution is 5.86. The topological polar surface area (TPSA) is 9.23 Å². The first kappa shape index (κ1) is 13.0. The SMILES string of the molecule is C1=CCOC=C1.c1ccc2c3c(ccc2c1)CCCC3. The van der Waals surface area contributed by atoms with Crippen LogP contribution in [0.25, 0.3) is 10.8 Å². The Balaban J connectivity index is 0.000000170. The summed E-state index contributed by atoms with van der Waals surface area (Å²) in [7, 11) is 0. The van der Waals surface area contributed by atoms with E-state index in [0.717, 1.165) is 6.61 Å². The highest BCUT2D eigenvalue weighted by Crippen LogP contribution is 2.28. The number of ether oxygens (including phenoxy) is 1. The summed E-state index contributed by atoms with van der Waals surface area (Å²) in [4.78, 5) is 0. The molecule has 0 unspecified atom stereocenters. The fraction of sp³-hybridized carbons (Fsp3) is 0.263. The van der Waals surface area contributed by atoms with Crippen molar-refractivity contribution in [3.05, 3.63) is 72.0 Å². The second-order valence-corrected chi connectivity index (χ2v) is 5.22. The molecule has 0 saturated carbocycles. The summed E-state index contributed by atoms with van der Waals surface area (Å²) in [5, 5.41) is 2.87. The van der Waals surface area contributed by atoms with E-state index in [0.29, 0.717) is 0 Å². The zero-order valence-electron chi connectivity index (χ0n) is 11.7. The minimum atomic E-state index is 0.733. The summed E-state index contributed by atoms with van der Waals surface area (Å²) in [6, 6.07) is 13.3. The quantitative estimate of drug-likeness (QED) is 0.663. The van der Waals surface area contributed by atoms with Crippen molar-refractivity contribution in [3.8, 4) is 0 Å². The first-order valence-corrected chi connectivity index (χ1v) is 7.38. The smallest absolute Gasteiger partial charge is 0.106 e. The molecule has 0 aromatic heterocycles. The largest absolute Gasteiger partial charge is 0.497 e. The summed E-state index contributed by atoms with van der Waals surface area (Å²) in [6.07, 6.45) is 12.7. The highest BCUT2D eigenvalue weighted by atomic mass is 16.5. The average Bonchev–Trinajstić information content (AvgIpc) is 2.57. The first-order valence-electron chi connectivity index (χ1n) is 7.38. The first-order chi connectivity index (χ1) is 9.95. The summed E-state index contributed by atoms with van der Waals surface area (Å²) in [5.74, 6) is 0. The van der Waals surface area contributed by atoms with Crippen molar-refractivity contribution in [1.29, 1.82) is 0 Å². The van der Waals surface area contributed by atoms with Crippen LogP contribution in [0.15, 0.2) is 60.9 Å². The van der Waals surface area contributed by atoms with E-state index in [1.807, 2.05) is 18.2 Å². The monoisotopic (exact) mass is 264 g/mol. The Morgan fingerprint density at radius 1 is 0.850 bits per heavy atom. The van der Waals surface area contributed by atoms with Crippen LogP contribution < -0.4 is 0 Å². The number of allylic oxidation sites excluding steroid dienone is 2. The number of rotatable bonds is 0. The van der Waals surface area contributed by atoms with Gasteiger partial charge in [-0.15, -0.1) is 0 Å². The molecule has 0 N–H and O–H groups in total. The second kappa shape index (κ2) is 6.42. The molecule has 0 saturated heterocycles. The van der Waals surface area contributed by atoms with E-state index in [-0.39, 0.29) is 0 Å². The van der Waals surface area contributed by atoms with Gasteiger partial charge in [0.05, 0.1) is 6.26 Å². The van der Waals surface area contributed by atoms with Crippen molar-refractivity contribution < 1.29 is 4.74 Å². The molecular weight excluding hydrogens is 244 g/mol. The van der Waals surface area contributed by atoms with E-state index in [1.165, 1.54) is 36.5 Å². The molecule has 1 aliphatic carbocycles. The Morgan fingerprint density at radius 2 is 1.75 bits per heavy atom. The molecule has 1 aliphatic heterocycles. The Hall–Kier alpha value is -2.02. The van der Waals surface area contributed by atoms with E-state index >= 15 is 0 Å². The van der Waals surface area contributed by atoms with Gasteiger partial charge < -0.3 is 4.74 Å². The molecule has 0 bridgehead atoms. The second-order valence-electron chi connectivity index (χ2n) is 5.22. The van der Waals surface area contributed by atoms with E-state index in [4.69, 9.17) is 4.74 Å². The van der Waals surface area contributed by atoms with Gasteiger partial charge in [0.15, 0.2) is 0 Å². The third-order valence-corrected chi connectivity index (χ3v) is 3.87. The molecule has 2 aliphatic rings. The molecule has 2 aromatic rings. The van der Waals surface area contributed by atoms with Crippen LogP contribution in [0.3, 0.4) is 0 Å². The maximum absolute atomic E-state index is 4.80. The molecular formula is C19H20O. The maximum atomic E-state index is 4.80. The van der Waals surface area contributed by atoms with E-state index in [2.05, 4.69) is 36.4 Å². The predicted molar refractivity (Wildman–Crippen MR) is 84.8 cm³/mol. The fourth-order valence-corrected chi connectivity index (χ4v) is 2.87. The molecule has 0 atom stereocenters. The summed E-state index contributed by atoms with van der Waals surface area (Å²) >= 11 is 0. The summed E-state index contributed by atoms with van der Waals surface area (Å²) in [5.41, 5.74) is 3.18. The van der Waals surface area contributed by atoms with Crippen LogP contribution in [0, 0.1) is 0 Å². The van der Waals surface area contributed by atoms with Crippen LogP contribution in [-0.4, -0.2) is 6.61 Å². The highest BCUT2D eigenvalue weighted by Gasteiger charge is 2.11. The van der Waals surface area contributed by atoms with E-state index < -0.39 is 0 Å². The van der Waals surface area contributed by atoms with Crippen LogP contribution >= 0.6 is 0 Å². The van der Waals surface area contributed by atoms with Crippen LogP contribution in [0.2, 0.25) is 0 Å². The van der Waals surface area contributed by atoms with Gasteiger partial charge in [-0.1, -0.05) is 42.5 Å². The Kier molecular flexibility index (Phi) is 4.17. The van der Waals surface area contributed by atoms with Gasteiger partial charge >= 0.3 is 0 Å². The van der Waals surface area contributed by atoms with E-state index in [9.17, 15) is 0 Å². The molecule has 0 radical (unpaired) electrons. The van der Waals surface area contributed by atoms with Crippen LogP contribution in [0.1, 0.15) is 24.0 Å². The van der Waals surface area contributed by atoms with Crippen molar-refractivity contribution in [2.45, 2.75) is 25.7 Å². The molecule has 1 heterocycles. The standard InChI is InChI=1S/C14H14.C5H6O/c1-3-7-13-11(5-1)9-10-12-6-2-4-8-14(12)13;1-2-4-6-5-3-1/h1,3,5,7,9-10H,2,4,6,8H2;1-4H,5H2. The zero-order valence-corrected chi connectivity index (χ0v) is 11.7. The average molecular weight is 264 g/mol. The third kappa shape index (κ3) is 2.93. The van der Waals surface area contributed by atoms with Crippen LogP contribution in [0.5, 0.6) is 0 Å². The Labute approximate surface area is 120 Å². The number of benzene rings is 2. The van der Waals surface area contributed by atoms with Gasteiger partial charge in [0.2, 0.25) is 0 Å². The van der Waals surface area contributed by atoms with Crippen molar-refractivity contribution in [3.63, 3.8) is 0 Å². The molecule has 1 nitrogen and oxygen atoms in total. The number of hydrogen-bond acceptors (Lipinski definition) is 1. The Bertz CT molecular complexity index is 625. The van der Waals surface area contributed by atoms with Crippen molar-refractivity contribution in [2.75, 3.05) is 6.61 Å².